The van der Waals surface area contributed by atoms with Crippen LogP contribution >= 0.6 is 0 Å². The zero-order valence-corrected chi connectivity index (χ0v) is 12.4. The highest BCUT2D eigenvalue weighted by Gasteiger charge is 2.33. The largest absolute Gasteiger partial charge is 0.481 e. The summed E-state index contributed by atoms with van der Waals surface area (Å²) in [5, 5.41) is 11.7. The number of hydrogen-bond donors (Lipinski definition) is 2. The van der Waals surface area contributed by atoms with Gasteiger partial charge in [-0.2, -0.15) is 0 Å². The predicted molar refractivity (Wildman–Crippen MR) is 75.7 cm³/mol. The Bertz CT molecular complexity index is 418. The third kappa shape index (κ3) is 3.65. The van der Waals surface area contributed by atoms with Crippen LogP contribution in [0.25, 0.3) is 0 Å². The van der Waals surface area contributed by atoms with Crippen LogP contribution in [0, 0.1) is 11.8 Å². The van der Waals surface area contributed by atoms with E-state index >= 15 is 0 Å². The number of nitrogens with zero attached hydrogens (tertiary/aromatic N) is 2. The molecule has 2 saturated heterocycles. The van der Waals surface area contributed by atoms with Crippen molar-refractivity contribution in [1.82, 2.24) is 15.1 Å². The van der Waals surface area contributed by atoms with E-state index in [1.165, 1.54) is 0 Å². The number of carbonyl (C=O) groups excluding carboxylic acids is 2. The lowest BCUT2D eigenvalue weighted by molar-refractivity contribution is -0.143. The van der Waals surface area contributed by atoms with Crippen molar-refractivity contribution in [3.05, 3.63) is 0 Å². The van der Waals surface area contributed by atoms with Crippen molar-refractivity contribution in [3.63, 3.8) is 0 Å². The number of urea groups is 1. The van der Waals surface area contributed by atoms with Gasteiger partial charge in [-0.15, -0.1) is 0 Å². The highest BCUT2D eigenvalue weighted by Crippen LogP contribution is 2.22. The van der Waals surface area contributed by atoms with Crippen molar-refractivity contribution in [2.75, 3.05) is 33.2 Å². The summed E-state index contributed by atoms with van der Waals surface area (Å²) in [6.07, 6.45) is 2.71. The van der Waals surface area contributed by atoms with Gasteiger partial charge >= 0.3 is 12.0 Å². The molecule has 0 unspecified atom stereocenters. The Balaban J connectivity index is 1.87. The van der Waals surface area contributed by atoms with E-state index in [1.54, 1.807) is 16.8 Å². The van der Waals surface area contributed by atoms with Crippen molar-refractivity contribution < 1.29 is 19.5 Å². The third-order valence-corrected chi connectivity index (χ3v) is 4.42. The van der Waals surface area contributed by atoms with Gasteiger partial charge in [-0.05, 0) is 25.7 Å². The second-order valence-electron chi connectivity index (χ2n) is 5.78. The number of rotatable bonds is 2. The maximum atomic E-state index is 12.4. The number of carboxylic acid groups (broad SMARTS) is 1. The molecule has 118 valence electrons. The molecule has 7 nitrogen and oxygen atoms in total. The van der Waals surface area contributed by atoms with E-state index in [9.17, 15) is 14.4 Å². The SMILES string of the molecule is CNC(=O)C1CCN(C(=O)N2CCC[C@H](C(=O)O)C2)CC1. The quantitative estimate of drug-likeness (QED) is 0.770. The average molecular weight is 297 g/mol. The number of likely N-dealkylation sites (tertiary alicyclic amines) is 2. The van der Waals surface area contributed by atoms with Crippen molar-refractivity contribution >= 4 is 17.9 Å². The second kappa shape index (κ2) is 6.78. The lowest BCUT2D eigenvalue weighted by Crippen LogP contribution is -2.51. The summed E-state index contributed by atoms with van der Waals surface area (Å²) in [4.78, 5) is 38.4. The Kier molecular flexibility index (Phi) is 5.03. The van der Waals surface area contributed by atoms with E-state index in [-0.39, 0.29) is 17.9 Å². The van der Waals surface area contributed by atoms with Gasteiger partial charge in [0, 0.05) is 39.1 Å². The highest BCUT2D eigenvalue weighted by atomic mass is 16.4. The monoisotopic (exact) mass is 297 g/mol. The molecule has 0 saturated carbocycles. The smallest absolute Gasteiger partial charge is 0.320 e. The van der Waals surface area contributed by atoms with Crippen molar-refractivity contribution in [2.45, 2.75) is 25.7 Å². The van der Waals surface area contributed by atoms with E-state index in [1.807, 2.05) is 0 Å². The first-order valence-corrected chi connectivity index (χ1v) is 7.51. The molecule has 21 heavy (non-hydrogen) atoms. The molecule has 2 aliphatic rings. The molecule has 2 rings (SSSR count). The minimum Gasteiger partial charge on any atom is -0.481 e. The number of carboxylic acids is 1. The lowest BCUT2D eigenvalue weighted by atomic mass is 9.95. The molecule has 7 heteroatoms. The third-order valence-electron chi connectivity index (χ3n) is 4.42. The van der Waals surface area contributed by atoms with Gasteiger partial charge in [0.15, 0.2) is 0 Å². The number of amides is 3. The maximum absolute atomic E-state index is 12.4. The van der Waals surface area contributed by atoms with Gasteiger partial charge in [0.2, 0.25) is 5.91 Å². The Labute approximate surface area is 124 Å². The Hall–Kier alpha value is -1.79. The van der Waals surface area contributed by atoms with Gasteiger partial charge in [-0.1, -0.05) is 0 Å². The van der Waals surface area contributed by atoms with Crippen LogP contribution < -0.4 is 5.32 Å². The van der Waals surface area contributed by atoms with E-state index < -0.39 is 11.9 Å². The molecule has 2 aliphatic heterocycles. The minimum atomic E-state index is -0.828. The molecular formula is C14H23N3O4. The molecule has 2 fully saturated rings. The van der Waals surface area contributed by atoms with Crippen LogP contribution in [0.5, 0.6) is 0 Å². The summed E-state index contributed by atoms with van der Waals surface area (Å²) in [6, 6.07) is -0.0868. The van der Waals surface area contributed by atoms with Gasteiger partial charge < -0.3 is 20.2 Å². The number of piperidine rings is 2. The lowest BCUT2D eigenvalue weighted by Gasteiger charge is -2.38. The number of hydrogen-bond acceptors (Lipinski definition) is 3. The number of nitrogens with one attached hydrogen (secondary N) is 1. The molecule has 2 N–H and O–H groups in total. The Morgan fingerprint density at radius 3 is 2.24 bits per heavy atom. The Morgan fingerprint density at radius 2 is 1.67 bits per heavy atom. The standard InChI is InChI=1S/C14H23N3O4/c1-15-12(18)10-4-7-16(8-5-10)14(21)17-6-2-3-11(9-17)13(19)20/h10-11H,2-9H2,1H3,(H,15,18)(H,19,20)/t11-/m0/s1. The summed E-state index contributed by atoms with van der Waals surface area (Å²) in [5.74, 6) is -1.27. The predicted octanol–water partition coefficient (Wildman–Crippen LogP) is 0.361. The molecule has 0 bridgehead atoms. The topological polar surface area (TPSA) is 90.0 Å². The molecular weight excluding hydrogens is 274 g/mol. The van der Waals surface area contributed by atoms with E-state index in [0.29, 0.717) is 45.4 Å². The minimum absolute atomic E-state index is 0.0211. The summed E-state index contributed by atoms with van der Waals surface area (Å²) in [5.41, 5.74) is 0. The van der Waals surface area contributed by atoms with Gasteiger partial charge in [0.05, 0.1) is 5.92 Å². The fourth-order valence-electron chi connectivity index (χ4n) is 3.09. The molecule has 0 aromatic rings. The second-order valence-corrected chi connectivity index (χ2v) is 5.78. The fourth-order valence-corrected chi connectivity index (χ4v) is 3.09. The average Bonchev–Trinajstić information content (AvgIpc) is 2.53. The molecule has 0 spiro atoms. The number of aliphatic carboxylic acids is 1. The molecule has 0 aromatic heterocycles. The van der Waals surface area contributed by atoms with Crippen molar-refractivity contribution in [3.8, 4) is 0 Å². The van der Waals surface area contributed by atoms with Crippen LogP contribution in [0.4, 0.5) is 4.79 Å². The first kappa shape index (κ1) is 15.6. The summed E-state index contributed by atoms with van der Waals surface area (Å²) in [6.45, 7) is 2.04. The van der Waals surface area contributed by atoms with E-state index in [0.717, 1.165) is 6.42 Å². The molecule has 0 radical (unpaired) electrons. The maximum Gasteiger partial charge on any atom is 0.320 e. The van der Waals surface area contributed by atoms with Crippen LogP contribution in [-0.4, -0.2) is 66.0 Å². The van der Waals surface area contributed by atoms with Crippen LogP contribution in [0.15, 0.2) is 0 Å². The molecule has 2 heterocycles. The molecule has 0 aromatic carbocycles. The van der Waals surface area contributed by atoms with Crippen LogP contribution in [-0.2, 0) is 9.59 Å². The first-order valence-electron chi connectivity index (χ1n) is 7.51. The van der Waals surface area contributed by atoms with Gasteiger partial charge in [0.25, 0.3) is 0 Å². The van der Waals surface area contributed by atoms with Crippen LogP contribution in [0.3, 0.4) is 0 Å². The van der Waals surface area contributed by atoms with Gasteiger partial charge in [-0.25, -0.2) is 4.79 Å². The normalized spacial score (nSPS) is 23.8. The molecule has 1 atom stereocenters. The first-order chi connectivity index (χ1) is 10.0. The van der Waals surface area contributed by atoms with Crippen LogP contribution in [0.2, 0.25) is 0 Å². The van der Waals surface area contributed by atoms with Gasteiger partial charge in [-0.3, -0.25) is 9.59 Å². The molecule has 0 aliphatic carbocycles. The summed E-state index contributed by atoms with van der Waals surface area (Å²) >= 11 is 0. The van der Waals surface area contributed by atoms with Gasteiger partial charge in [0.1, 0.15) is 0 Å². The zero-order valence-electron chi connectivity index (χ0n) is 12.4. The van der Waals surface area contributed by atoms with Crippen molar-refractivity contribution in [2.24, 2.45) is 11.8 Å². The molecule has 3 amide bonds. The summed E-state index contributed by atoms with van der Waals surface area (Å²) in [7, 11) is 1.62. The van der Waals surface area contributed by atoms with Crippen LogP contribution in [0.1, 0.15) is 25.7 Å². The zero-order chi connectivity index (χ0) is 15.4. The summed E-state index contributed by atoms with van der Waals surface area (Å²) < 4.78 is 0. The van der Waals surface area contributed by atoms with E-state index in [4.69, 9.17) is 5.11 Å². The van der Waals surface area contributed by atoms with E-state index in [2.05, 4.69) is 5.32 Å². The van der Waals surface area contributed by atoms with Crippen molar-refractivity contribution in [1.29, 1.82) is 0 Å². The number of carbonyl (C=O) groups is 3. The Morgan fingerprint density at radius 1 is 1.00 bits per heavy atom. The fraction of sp³-hybridized carbons (Fsp3) is 0.786. The highest BCUT2D eigenvalue weighted by molar-refractivity contribution is 5.79.